The average Bonchev–Trinajstić information content (AvgIpc) is 3.21. The maximum Gasteiger partial charge on any atom is 0.573 e. The fourth-order valence-corrected chi connectivity index (χ4v) is 8.18. The fourth-order valence-electron chi connectivity index (χ4n) is 8.18. The molecule has 0 radical (unpaired) electrons. The van der Waals surface area contributed by atoms with Crippen LogP contribution >= 0.6 is 0 Å². The number of hydrogen-bond acceptors (Lipinski definition) is 5. The zero-order valence-electron chi connectivity index (χ0n) is 24.9. The Bertz CT molecular complexity index is 1350. The van der Waals surface area contributed by atoms with Gasteiger partial charge in [0.05, 0.1) is 19.8 Å². The monoisotopic (exact) mass is 600 g/mol. The molecular formula is C33H39F3N2O5. The molecule has 6 rings (SSSR count). The van der Waals surface area contributed by atoms with Crippen molar-refractivity contribution >= 4 is 11.8 Å². The van der Waals surface area contributed by atoms with Crippen LogP contribution in [0.5, 0.6) is 17.2 Å². The number of carbonyl (C=O) groups excluding carboxylic acids is 2. The lowest BCUT2D eigenvalue weighted by Gasteiger charge is -2.57. The van der Waals surface area contributed by atoms with E-state index in [9.17, 15) is 22.8 Å². The van der Waals surface area contributed by atoms with Crippen LogP contribution in [-0.4, -0.2) is 67.4 Å². The lowest BCUT2D eigenvalue weighted by molar-refractivity contribution is -0.274. The number of benzene rings is 2. The highest BCUT2D eigenvalue weighted by atomic mass is 19.4. The van der Waals surface area contributed by atoms with E-state index in [1.54, 1.807) is 38.5 Å². The number of rotatable bonds is 7. The van der Waals surface area contributed by atoms with Gasteiger partial charge in [0.1, 0.15) is 17.2 Å². The second kappa shape index (κ2) is 11.2. The SMILES string of the molecule is COc1cc(C(=O)N2CCC3CCC32C2CCCN(C(=O)C3CC(c4ccc(OC(F)(F)F)cc4)C3)C2)cc(OC)c1C. The average molecular weight is 601 g/mol. The maximum absolute atomic E-state index is 14.0. The Morgan fingerprint density at radius 1 is 0.930 bits per heavy atom. The number of alkyl halides is 3. The fraction of sp³-hybridized carbons (Fsp3) is 0.576. The highest BCUT2D eigenvalue weighted by Crippen LogP contribution is 2.57. The van der Waals surface area contributed by atoms with Gasteiger partial charge in [0.2, 0.25) is 5.91 Å². The second-order valence-corrected chi connectivity index (χ2v) is 12.6. The molecule has 2 aliphatic carbocycles. The van der Waals surface area contributed by atoms with Crippen LogP contribution in [0.1, 0.15) is 72.3 Å². The van der Waals surface area contributed by atoms with Crippen LogP contribution in [0.3, 0.4) is 0 Å². The van der Waals surface area contributed by atoms with Crippen LogP contribution in [0.15, 0.2) is 36.4 Å². The summed E-state index contributed by atoms with van der Waals surface area (Å²) in [6.07, 6.45) is 1.60. The van der Waals surface area contributed by atoms with E-state index in [4.69, 9.17) is 9.47 Å². The smallest absolute Gasteiger partial charge is 0.496 e. The third kappa shape index (κ3) is 5.31. The van der Waals surface area contributed by atoms with Gasteiger partial charge in [-0.2, -0.15) is 0 Å². The van der Waals surface area contributed by atoms with Crippen molar-refractivity contribution in [3.05, 3.63) is 53.1 Å². The van der Waals surface area contributed by atoms with Gasteiger partial charge in [-0.3, -0.25) is 9.59 Å². The number of ether oxygens (including phenoxy) is 3. The van der Waals surface area contributed by atoms with Crippen molar-refractivity contribution < 1.29 is 37.0 Å². The van der Waals surface area contributed by atoms with Crippen LogP contribution in [0, 0.1) is 24.7 Å². The molecule has 43 heavy (non-hydrogen) atoms. The second-order valence-electron chi connectivity index (χ2n) is 12.6. The molecule has 2 aromatic rings. The number of amides is 2. The zero-order valence-corrected chi connectivity index (χ0v) is 24.9. The number of hydrogen-bond donors (Lipinski definition) is 0. The topological polar surface area (TPSA) is 68.3 Å². The molecule has 4 fully saturated rings. The minimum atomic E-state index is -4.72. The summed E-state index contributed by atoms with van der Waals surface area (Å²) in [6.45, 7) is 4.00. The molecule has 4 aliphatic rings. The minimum Gasteiger partial charge on any atom is -0.496 e. The molecule has 0 N–H and O–H groups in total. The first-order valence-electron chi connectivity index (χ1n) is 15.2. The van der Waals surface area contributed by atoms with Gasteiger partial charge < -0.3 is 24.0 Å². The summed E-state index contributed by atoms with van der Waals surface area (Å²) >= 11 is 0. The first kappa shape index (κ1) is 29.6. The molecule has 3 unspecified atom stereocenters. The van der Waals surface area contributed by atoms with E-state index in [1.807, 2.05) is 11.8 Å². The van der Waals surface area contributed by atoms with Crippen molar-refractivity contribution in [1.82, 2.24) is 9.80 Å². The molecule has 0 aromatic heterocycles. The van der Waals surface area contributed by atoms with E-state index in [0.717, 1.165) is 49.8 Å². The van der Waals surface area contributed by atoms with Gasteiger partial charge in [-0.05, 0) is 93.5 Å². The highest BCUT2D eigenvalue weighted by molar-refractivity contribution is 5.96. The number of halogens is 3. The summed E-state index contributed by atoms with van der Waals surface area (Å²) < 4.78 is 52.5. The quantitative estimate of drug-likeness (QED) is 0.371. The molecule has 2 aromatic carbocycles. The Labute approximate surface area is 250 Å². The van der Waals surface area contributed by atoms with E-state index in [0.29, 0.717) is 48.9 Å². The Balaban J connectivity index is 1.12. The minimum absolute atomic E-state index is 0.00395. The Morgan fingerprint density at radius 2 is 1.60 bits per heavy atom. The molecule has 7 nitrogen and oxygen atoms in total. The first-order valence-corrected chi connectivity index (χ1v) is 15.2. The van der Waals surface area contributed by atoms with Crippen molar-refractivity contribution in [2.24, 2.45) is 17.8 Å². The van der Waals surface area contributed by atoms with Gasteiger partial charge in [0, 0.05) is 42.6 Å². The van der Waals surface area contributed by atoms with Gasteiger partial charge in [-0.15, -0.1) is 13.2 Å². The zero-order chi connectivity index (χ0) is 30.5. The summed E-state index contributed by atoms with van der Waals surface area (Å²) in [4.78, 5) is 31.8. The van der Waals surface area contributed by atoms with E-state index >= 15 is 0 Å². The van der Waals surface area contributed by atoms with E-state index < -0.39 is 6.36 Å². The molecule has 2 heterocycles. The van der Waals surface area contributed by atoms with Crippen LogP contribution < -0.4 is 14.2 Å². The molecule has 10 heteroatoms. The summed E-state index contributed by atoms with van der Waals surface area (Å²) in [5.74, 6) is 1.90. The molecule has 2 aliphatic heterocycles. The van der Waals surface area contributed by atoms with Crippen LogP contribution in [0.4, 0.5) is 13.2 Å². The normalized spacial score (nSPS) is 28.4. The summed E-state index contributed by atoms with van der Waals surface area (Å²) in [6, 6.07) is 9.59. The summed E-state index contributed by atoms with van der Waals surface area (Å²) in [7, 11) is 3.19. The van der Waals surface area contributed by atoms with Gasteiger partial charge >= 0.3 is 6.36 Å². The number of piperidine rings is 1. The molecule has 0 bridgehead atoms. The van der Waals surface area contributed by atoms with Crippen molar-refractivity contribution in [1.29, 1.82) is 0 Å². The number of fused-ring (bicyclic) bond motifs is 1. The molecule has 2 amide bonds. The standard InChI is InChI=1S/C33H39F3N2O5/c1-20-28(41-2)17-24(18-29(20)42-3)31(40)38-14-11-25-10-12-32(25,38)26-5-4-13-37(19-26)30(39)23-15-22(16-23)21-6-8-27(9-7-21)43-33(34,35)36/h6-9,17-18,22-23,25-26H,4-5,10-16,19H2,1-3H3. The molecule has 2 saturated carbocycles. The van der Waals surface area contributed by atoms with Gasteiger partial charge in [-0.1, -0.05) is 12.1 Å². The number of nitrogens with zero attached hydrogens (tertiary/aromatic N) is 2. The largest absolute Gasteiger partial charge is 0.573 e. The van der Waals surface area contributed by atoms with Crippen molar-refractivity contribution in [2.75, 3.05) is 33.9 Å². The molecular weight excluding hydrogens is 561 g/mol. The lowest BCUT2D eigenvalue weighted by atomic mass is 9.59. The lowest BCUT2D eigenvalue weighted by Crippen LogP contribution is -2.64. The molecule has 0 spiro atoms. The Hall–Kier alpha value is -3.43. The van der Waals surface area contributed by atoms with E-state index in [-0.39, 0.29) is 40.9 Å². The highest BCUT2D eigenvalue weighted by Gasteiger charge is 2.61. The molecule has 232 valence electrons. The Morgan fingerprint density at radius 3 is 2.19 bits per heavy atom. The van der Waals surface area contributed by atoms with Crippen LogP contribution in [-0.2, 0) is 4.79 Å². The predicted molar refractivity (Wildman–Crippen MR) is 153 cm³/mol. The third-order valence-electron chi connectivity index (χ3n) is 10.6. The van der Waals surface area contributed by atoms with Crippen molar-refractivity contribution in [3.63, 3.8) is 0 Å². The van der Waals surface area contributed by atoms with Crippen molar-refractivity contribution in [3.8, 4) is 17.2 Å². The first-order chi connectivity index (χ1) is 20.5. The maximum atomic E-state index is 14.0. The van der Waals surface area contributed by atoms with Gasteiger partial charge in [0.25, 0.3) is 5.91 Å². The number of methoxy groups -OCH3 is 2. The van der Waals surface area contributed by atoms with E-state index in [1.165, 1.54) is 12.1 Å². The summed E-state index contributed by atoms with van der Waals surface area (Å²) in [5, 5.41) is 0. The Kier molecular flexibility index (Phi) is 7.75. The number of carbonyl (C=O) groups is 2. The number of likely N-dealkylation sites (tertiary alicyclic amines) is 2. The third-order valence-corrected chi connectivity index (χ3v) is 10.6. The van der Waals surface area contributed by atoms with Crippen LogP contribution in [0.25, 0.3) is 0 Å². The molecule has 3 atom stereocenters. The van der Waals surface area contributed by atoms with Crippen molar-refractivity contribution in [2.45, 2.75) is 69.7 Å². The van der Waals surface area contributed by atoms with Gasteiger partial charge in [-0.25, -0.2) is 0 Å². The van der Waals surface area contributed by atoms with Crippen LogP contribution in [0.2, 0.25) is 0 Å². The van der Waals surface area contributed by atoms with Gasteiger partial charge in [0.15, 0.2) is 0 Å². The predicted octanol–water partition coefficient (Wildman–Crippen LogP) is 6.34. The van der Waals surface area contributed by atoms with E-state index in [2.05, 4.69) is 9.64 Å². The summed E-state index contributed by atoms with van der Waals surface area (Å²) in [5.41, 5.74) is 2.11. The molecule has 2 saturated heterocycles.